The van der Waals surface area contributed by atoms with E-state index in [2.05, 4.69) is 0 Å². The minimum absolute atomic E-state index is 0.322. The first kappa shape index (κ1) is 16.1. The minimum atomic E-state index is -2.45. The van der Waals surface area contributed by atoms with Crippen LogP contribution in [0.25, 0.3) is 22.5 Å². The van der Waals surface area contributed by atoms with E-state index in [1.54, 1.807) is 80.7 Å². The van der Waals surface area contributed by atoms with Gasteiger partial charge in [-0.25, -0.2) is 9.13 Å². The number of aryl methyl sites for hydroxylation is 9. The standard InChI is InChI=1S/C20H28N.C17H22N/c1-13(2)17-8-9-20(21(7)12-17)19-11-15(5)18(14(3)4)10-16(19)6;1-11-7-14(4)16(8-12(11)2)17-9-13(3)15(5)10-18(17)6/h8-14H,1-7H3;7-10H,1-6H3/q2*+1/i1D3,3D3,13D,14D;1D3,5D3. The first-order valence-electron chi connectivity index (χ1n) is 20.0. The van der Waals surface area contributed by atoms with E-state index in [9.17, 15) is 0 Å². The first-order valence-corrected chi connectivity index (χ1v) is 13.0. The van der Waals surface area contributed by atoms with Gasteiger partial charge in [0.05, 0.1) is 0 Å². The zero-order chi connectivity index (χ0) is 41.0. The van der Waals surface area contributed by atoms with E-state index >= 15 is 0 Å². The molecule has 2 aromatic carbocycles. The molecule has 2 aromatic heterocycles. The summed E-state index contributed by atoms with van der Waals surface area (Å²) >= 11 is 0. The van der Waals surface area contributed by atoms with Gasteiger partial charge in [0.25, 0.3) is 0 Å². The summed E-state index contributed by atoms with van der Waals surface area (Å²) in [7, 11) is 3.59. The molecule has 0 saturated heterocycles. The van der Waals surface area contributed by atoms with Crippen LogP contribution >= 0.6 is 0 Å². The van der Waals surface area contributed by atoms with Gasteiger partial charge in [-0.2, -0.15) is 0 Å². The van der Waals surface area contributed by atoms with E-state index in [4.69, 9.17) is 19.2 Å². The maximum absolute atomic E-state index is 8.39. The molecule has 2 nitrogen and oxygen atoms in total. The van der Waals surface area contributed by atoms with Gasteiger partial charge >= 0.3 is 0 Å². The maximum atomic E-state index is 8.39. The number of pyridine rings is 2. The van der Waals surface area contributed by atoms with Gasteiger partial charge in [-0.15, -0.1) is 0 Å². The molecule has 2 heteroatoms. The lowest BCUT2D eigenvalue weighted by molar-refractivity contribution is -0.661. The molecule has 0 bridgehead atoms. The fraction of sp³-hybridized carbons (Fsp3) is 0.405. The number of aromatic nitrogens is 2. The fourth-order valence-corrected chi connectivity index (χ4v) is 4.71. The SMILES string of the molecule is [2H]C([2H])([2H])C([2H])(C)c1ccc(-c2cc(C)c(C([2H])(C)C([2H])([2H])[2H])cc2C)[n+](C)c1.[2H]C([2H])([2H])c1cc(C)c(-c2cc(C)c(C([2H])([2H])[2H])c[n+]2C)cc1C. The monoisotopic (exact) mass is 536 g/mol. The number of hydrogen-bond acceptors (Lipinski definition) is 0. The Hall–Kier alpha value is -3.26. The minimum Gasteiger partial charge on any atom is -0.201 e. The van der Waals surface area contributed by atoms with E-state index in [0.29, 0.717) is 38.9 Å². The molecule has 2 atom stereocenters. The second kappa shape index (κ2) is 12.3. The van der Waals surface area contributed by atoms with Gasteiger partial charge < -0.3 is 0 Å². The van der Waals surface area contributed by atoms with Crippen molar-refractivity contribution in [1.29, 1.82) is 0 Å². The summed E-state index contributed by atoms with van der Waals surface area (Å²) in [5, 5.41) is 0. The molecule has 0 aliphatic carbocycles. The Morgan fingerprint density at radius 3 is 1.82 bits per heavy atom. The molecule has 0 amide bonds. The van der Waals surface area contributed by atoms with E-state index in [0.717, 1.165) is 33.6 Å². The van der Waals surface area contributed by atoms with Crippen molar-refractivity contribution in [2.75, 3.05) is 0 Å². The van der Waals surface area contributed by atoms with Crippen molar-refractivity contribution in [2.24, 2.45) is 14.1 Å². The largest absolute Gasteiger partial charge is 0.212 e. The Kier molecular flexibility index (Phi) is 5.08. The first-order chi connectivity index (χ1) is 23.7. The van der Waals surface area contributed by atoms with Gasteiger partial charge in [-0.1, -0.05) is 39.7 Å². The molecule has 2 heterocycles. The van der Waals surface area contributed by atoms with E-state index in [1.807, 2.05) is 32.0 Å². The van der Waals surface area contributed by atoms with E-state index in [-0.39, 0.29) is 0 Å². The van der Waals surface area contributed by atoms with Crippen LogP contribution in [0.1, 0.15) is 109 Å². The predicted octanol–water partition coefficient (Wildman–Crippen LogP) is 8.76. The molecule has 4 aromatic rings. The van der Waals surface area contributed by atoms with Crippen molar-refractivity contribution >= 4 is 0 Å². The molecule has 4 rings (SSSR count). The molecule has 0 spiro atoms. The number of nitrogens with zero attached hydrogens (tertiary/aromatic N) is 2. The van der Waals surface area contributed by atoms with Crippen LogP contribution in [0.2, 0.25) is 0 Å². The summed E-state index contributed by atoms with van der Waals surface area (Å²) in [6.45, 7) is 2.67. The van der Waals surface area contributed by atoms with Crippen LogP contribution in [0, 0.1) is 48.3 Å². The van der Waals surface area contributed by atoms with Crippen molar-refractivity contribution in [3.05, 3.63) is 105 Å². The Labute approximate surface area is 258 Å². The van der Waals surface area contributed by atoms with Crippen LogP contribution in [-0.2, 0) is 14.1 Å². The zero-order valence-corrected chi connectivity index (χ0v) is 24.6. The van der Waals surface area contributed by atoms with Crippen LogP contribution in [-0.4, -0.2) is 0 Å². The summed E-state index contributed by atoms with van der Waals surface area (Å²) in [5.74, 6) is -3.45. The Balaban J connectivity index is 0.000000290. The molecular weight excluding hydrogens is 472 g/mol. The Bertz CT molecular complexity index is 1930. The summed E-state index contributed by atoms with van der Waals surface area (Å²) in [5.41, 5.74) is 8.72. The van der Waals surface area contributed by atoms with Gasteiger partial charge in [0.1, 0.15) is 14.1 Å². The lowest BCUT2D eigenvalue weighted by Crippen LogP contribution is -2.31. The highest BCUT2D eigenvalue weighted by Crippen LogP contribution is 2.29. The quantitative estimate of drug-likeness (QED) is 0.230. The third-order valence-electron chi connectivity index (χ3n) is 7.15. The van der Waals surface area contributed by atoms with Crippen LogP contribution < -0.4 is 9.13 Å². The number of benzene rings is 2. The fourth-order valence-electron chi connectivity index (χ4n) is 4.71. The normalized spacial score (nSPS) is 20.7. The summed E-state index contributed by atoms with van der Waals surface area (Å²) in [6.07, 6.45) is 3.28. The van der Waals surface area contributed by atoms with Gasteiger partial charge in [0, 0.05) is 53.6 Å². The molecule has 0 fully saturated rings. The van der Waals surface area contributed by atoms with Crippen molar-refractivity contribution in [1.82, 2.24) is 0 Å². The average molecular weight is 537 g/mol. The van der Waals surface area contributed by atoms with Crippen molar-refractivity contribution in [3.63, 3.8) is 0 Å². The molecular formula is C37H50N2+2. The van der Waals surface area contributed by atoms with Crippen LogP contribution in [0.15, 0.2) is 54.9 Å². The zero-order valence-electron chi connectivity index (χ0n) is 38.6. The molecule has 2 unspecified atom stereocenters. The third kappa shape index (κ3) is 6.85. The van der Waals surface area contributed by atoms with Gasteiger partial charge in [-0.05, 0) is 117 Å². The van der Waals surface area contributed by atoms with Crippen molar-refractivity contribution in [2.45, 2.75) is 87.7 Å². The molecule has 0 N–H and O–H groups in total. The smallest absolute Gasteiger partial charge is 0.201 e. The van der Waals surface area contributed by atoms with E-state index in [1.165, 1.54) is 13.8 Å². The topological polar surface area (TPSA) is 7.76 Å². The number of rotatable bonds is 4. The molecule has 0 radical (unpaired) electrons. The predicted molar refractivity (Wildman–Crippen MR) is 167 cm³/mol. The van der Waals surface area contributed by atoms with Gasteiger partial charge in [0.2, 0.25) is 11.4 Å². The van der Waals surface area contributed by atoms with Crippen LogP contribution in [0.5, 0.6) is 0 Å². The van der Waals surface area contributed by atoms with E-state index < -0.39 is 39.2 Å². The molecule has 0 saturated carbocycles. The van der Waals surface area contributed by atoms with Gasteiger partial charge in [-0.3, -0.25) is 0 Å². The lowest BCUT2D eigenvalue weighted by atomic mass is 9.91. The highest BCUT2D eigenvalue weighted by molar-refractivity contribution is 5.64. The van der Waals surface area contributed by atoms with Gasteiger partial charge in [0.15, 0.2) is 12.4 Å². The number of hydrogen-bond donors (Lipinski definition) is 0. The second-order valence-corrected chi connectivity index (χ2v) is 10.5. The summed E-state index contributed by atoms with van der Waals surface area (Å²) in [6, 6.07) is 12.4. The molecule has 206 valence electrons. The molecule has 0 aliphatic rings. The van der Waals surface area contributed by atoms with Crippen molar-refractivity contribution < 1.29 is 28.3 Å². The molecule has 0 aliphatic heterocycles. The Morgan fingerprint density at radius 2 is 1.18 bits per heavy atom. The molecule has 39 heavy (non-hydrogen) atoms. The highest BCUT2D eigenvalue weighted by atomic mass is 14.9. The third-order valence-corrected chi connectivity index (χ3v) is 7.15. The maximum Gasteiger partial charge on any atom is 0.212 e. The second-order valence-electron chi connectivity index (χ2n) is 10.5. The van der Waals surface area contributed by atoms with Crippen LogP contribution in [0.4, 0.5) is 0 Å². The highest BCUT2D eigenvalue weighted by Gasteiger charge is 2.17. The summed E-state index contributed by atoms with van der Waals surface area (Å²) in [4.78, 5) is 0. The lowest BCUT2D eigenvalue weighted by Gasteiger charge is -2.14. The van der Waals surface area contributed by atoms with Crippen LogP contribution in [0.3, 0.4) is 0 Å². The summed E-state index contributed by atoms with van der Waals surface area (Å²) < 4.78 is 112. The average Bonchev–Trinajstić information content (AvgIpc) is 2.98. The van der Waals surface area contributed by atoms with Crippen molar-refractivity contribution in [3.8, 4) is 22.5 Å². The Morgan fingerprint density at radius 1 is 0.590 bits per heavy atom.